The lowest BCUT2D eigenvalue weighted by atomic mass is 10.1. The van der Waals surface area contributed by atoms with Gasteiger partial charge in [0.05, 0.1) is 12.9 Å². The molecule has 2 amide bonds. The maximum Gasteiger partial charge on any atom is 0.243 e. The average Bonchev–Trinajstić information content (AvgIpc) is 2.79. The van der Waals surface area contributed by atoms with Gasteiger partial charge in [0.15, 0.2) is 0 Å². The van der Waals surface area contributed by atoms with E-state index in [0.29, 0.717) is 18.7 Å². The molecule has 0 radical (unpaired) electrons. The number of carbonyl (C=O) groups is 2. The number of hydrogen-bond acceptors (Lipinski definition) is 4. The lowest BCUT2D eigenvalue weighted by Crippen LogP contribution is -2.51. The summed E-state index contributed by atoms with van der Waals surface area (Å²) in [6.07, 6.45) is 1.43. The zero-order valence-electron chi connectivity index (χ0n) is 19.0. The second-order valence-corrected chi connectivity index (χ2v) is 8.58. The van der Waals surface area contributed by atoms with Crippen LogP contribution < -0.4 is 10.1 Å². The van der Waals surface area contributed by atoms with Gasteiger partial charge in [0, 0.05) is 18.3 Å². The molecule has 0 aliphatic carbocycles. The molecule has 0 fully saturated rings. The van der Waals surface area contributed by atoms with E-state index in [1.807, 2.05) is 75.4 Å². The van der Waals surface area contributed by atoms with Crippen molar-refractivity contribution in [3.05, 3.63) is 65.7 Å². The van der Waals surface area contributed by atoms with Crippen LogP contribution in [0.1, 0.15) is 44.7 Å². The number of nitrogens with zero attached hydrogens (tertiary/aromatic N) is 1. The van der Waals surface area contributed by atoms with Crippen molar-refractivity contribution in [1.82, 2.24) is 10.2 Å². The van der Waals surface area contributed by atoms with Gasteiger partial charge in [-0.05, 0) is 43.0 Å². The topological polar surface area (TPSA) is 58.6 Å². The quantitative estimate of drug-likeness (QED) is 0.520. The van der Waals surface area contributed by atoms with Crippen LogP contribution in [-0.2, 0) is 21.9 Å². The summed E-state index contributed by atoms with van der Waals surface area (Å²) in [5, 5.41) is 3.04. The highest BCUT2D eigenvalue weighted by Gasteiger charge is 2.29. The number of nitrogens with one attached hydrogen (secondary N) is 1. The van der Waals surface area contributed by atoms with E-state index in [2.05, 4.69) is 5.32 Å². The predicted molar refractivity (Wildman–Crippen MR) is 128 cm³/mol. The Morgan fingerprint density at radius 2 is 1.68 bits per heavy atom. The summed E-state index contributed by atoms with van der Waals surface area (Å²) in [5.41, 5.74) is 2.15. The van der Waals surface area contributed by atoms with E-state index < -0.39 is 6.04 Å². The normalized spacial score (nSPS) is 12.6. The molecule has 0 saturated heterocycles. The largest absolute Gasteiger partial charge is 0.497 e. The molecule has 0 spiro atoms. The Hall–Kier alpha value is -2.47. The highest BCUT2D eigenvalue weighted by molar-refractivity contribution is 7.99. The van der Waals surface area contributed by atoms with Gasteiger partial charge in [0.1, 0.15) is 11.8 Å². The Morgan fingerprint density at radius 1 is 1.00 bits per heavy atom. The Bertz CT molecular complexity index is 811. The number of thioether (sulfide) groups is 1. The van der Waals surface area contributed by atoms with Crippen molar-refractivity contribution in [2.75, 3.05) is 12.9 Å². The van der Waals surface area contributed by atoms with Crippen molar-refractivity contribution in [3.63, 3.8) is 0 Å². The van der Waals surface area contributed by atoms with Gasteiger partial charge in [-0.1, -0.05) is 56.3 Å². The second kappa shape index (κ2) is 13.1. The summed E-state index contributed by atoms with van der Waals surface area (Å²) >= 11 is 1.56. The number of carbonyl (C=O) groups excluding carboxylic acids is 2. The molecule has 2 atom stereocenters. The van der Waals surface area contributed by atoms with Gasteiger partial charge in [0.25, 0.3) is 0 Å². The Kier molecular flexibility index (Phi) is 10.4. The number of ether oxygens (including phenoxy) is 1. The minimum Gasteiger partial charge on any atom is -0.497 e. The summed E-state index contributed by atoms with van der Waals surface area (Å²) in [5.74, 6) is 1.77. The minimum atomic E-state index is -0.483. The van der Waals surface area contributed by atoms with E-state index >= 15 is 0 Å². The fourth-order valence-electron chi connectivity index (χ4n) is 3.20. The first-order chi connectivity index (χ1) is 15.0. The summed E-state index contributed by atoms with van der Waals surface area (Å²) in [7, 11) is 1.64. The van der Waals surface area contributed by atoms with Crippen molar-refractivity contribution in [1.29, 1.82) is 0 Å². The van der Waals surface area contributed by atoms with Crippen molar-refractivity contribution in [3.8, 4) is 5.75 Å². The van der Waals surface area contributed by atoms with Gasteiger partial charge < -0.3 is 15.0 Å². The Balaban J connectivity index is 2.08. The summed E-state index contributed by atoms with van der Waals surface area (Å²) in [4.78, 5) is 27.8. The molecule has 0 aliphatic rings. The molecule has 168 valence electrons. The van der Waals surface area contributed by atoms with Gasteiger partial charge in [0.2, 0.25) is 11.8 Å². The highest BCUT2D eigenvalue weighted by Crippen LogP contribution is 2.19. The third-order valence-corrected chi connectivity index (χ3v) is 6.22. The number of methoxy groups -OCH3 is 1. The molecule has 0 unspecified atom stereocenters. The van der Waals surface area contributed by atoms with Crippen LogP contribution in [0.25, 0.3) is 0 Å². The highest BCUT2D eigenvalue weighted by atomic mass is 32.2. The molecule has 0 aromatic heterocycles. The van der Waals surface area contributed by atoms with Crippen LogP contribution in [0.2, 0.25) is 0 Å². The molecule has 2 rings (SSSR count). The molecular formula is C25H34N2O3S. The van der Waals surface area contributed by atoms with E-state index in [4.69, 9.17) is 4.74 Å². The van der Waals surface area contributed by atoms with Crippen LogP contribution in [0.3, 0.4) is 0 Å². The standard InChI is InChI=1S/C25H34N2O3S/c1-5-19(3)26-25(29)23(6-2)27(16-20-10-8-7-9-11-20)24(28)18-31-17-21-12-14-22(30-4)15-13-21/h7-15,19,23H,5-6,16-18H2,1-4H3,(H,26,29)/t19-,23-/m1/s1. The Labute approximate surface area is 190 Å². The van der Waals surface area contributed by atoms with Crippen LogP contribution in [0.5, 0.6) is 5.75 Å². The third kappa shape index (κ3) is 7.94. The first-order valence-electron chi connectivity index (χ1n) is 10.8. The third-order valence-electron chi connectivity index (χ3n) is 5.24. The molecule has 0 saturated carbocycles. The van der Waals surface area contributed by atoms with Crippen LogP contribution in [0.4, 0.5) is 0 Å². The molecule has 0 bridgehead atoms. The number of amides is 2. The van der Waals surface area contributed by atoms with E-state index in [1.54, 1.807) is 23.8 Å². The molecular weight excluding hydrogens is 408 g/mol. The van der Waals surface area contributed by atoms with Gasteiger partial charge in [-0.3, -0.25) is 9.59 Å². The predicted octanol–water partition coefficient (Wildman–Crippen LogP) is 4.65. The van der Waals surface area contributed by atoms with Crippen LogP contribution >= 0.6 is 11.8 Å². The van der Waals surface area contributed by atoms with Crippen LogP contribution in [0.15, 0.2) is 54.6 Å². The SMILES string of the molecule is CC[C@@H](C)NC(=O)[C@@H](CC)N(Cc1ccccc1)C(=O)CSCc1ccc(OC)cc1. The summed E-state index contributed by atoms with van der Waals surface area (Å²) in [6, 6.07) is 17.3. The van der Waals surface area contributed by atoms with E-state index in [0.717, 1.165) is 29.1 Å². The molecule has 6 heteroatoms. The first-order valence-corrected chi connectivity index (χ1v) is 12.0. The van der Waals surface area contributed by atoms with E-state index in [9.17, 15) is 9.59 Å². The molecule has 0 aliphatic heterocycles. The summed E-state index contributed by atoms with van der Waals surface area (Å²) in [6.45, 7) is 6.40. The molecule has 2 aromatic carbocycles. The van der Waals surface area contributed by atoms with Gasteiger partial charge in [-0.25, -0.2) is 0 Å². The Morgan fingerprint density at radius 3 is 2.26 bits per heavy atom. The monoisotopic (exact) mass is 442 g/mol. The zero-order chi connectivity index (χ0) is 22.6. The number of rotatable bonds is 12. The van der Waals surface area contributed by atoms with Gasteiger partial charge >= 0.3 is 0 Å². The lowest BCUT2D eigenvalue weighted by Gasteiger charge is -2.31. The van der Waals surface area contributed by atoms with Crippen molar-refractivity contribution >= 4 is 23.6 Å². The second-order valence-electron chi connectivity index (χ2n) is 7.59. The number of hydrogen-bond donors (Lipinski definition) is 1. The average molecular weight is 443 g/mol. The smallest absolute Gasteiger partial charge is 0.243 e. The van der Waals surface area contributed by atoms with Crippen molar-refractivity contribution < 1.29 is 14.3 Å². The maximum absolute atomic E-state index is 13.2. The van der Waals surface area contributed by atoms with Gasteiger partial charge in [-0.15, -0.1) is 11.8 Å². The lowest BCUT2D eigenvalue weighted by molar-refractivity contribution is -0.139. The molecule has 31 heavy (non-hydrogen) atoms. The molecule has 1 N–H and O–H groups in total. The van der Waals surface area contributed by atoms with E-state index in [-0.39, 0.29) is 17.9 Å². The van der Waals surface area contributed by atoms with Crippen molar-refractivity contribution in [2.45, 2.75) is 58.0 Å². The first kappa shape index (κ1) is 24.8. The zero-order valence-corrected chi connectivity index (χ0v) is 19.8. The van der Waals surface area contributed by atoms with E-state index in [1.165, 1.54) is 0 Å². The molecule has 5 nitrogen and oxygen atoms in total. The molecule has 2 aromatic rings. The van der Waals surface area contributed by atoms with Gasteiger partial charge in [-0.2, -0.15) is 0 Å². The molecule has 0 heterocycles. The summed E-state index contributed by atoms with van der Waals surface area (Å²) < 4.78 is 5.19. The fourth-order valence-corrected chi connectivity index (χ4v) is 4.07. The van der Waals surface area contributed by atoms with Crippen LogP contribution in [-0.4, -0.2) is 41.7 Å². The maximum atomic E-state index is 13.2. The number of benzene rings is 2. The fraction of sp³-hybridized carbons (Fsp3) is 0.440. The minimum absolute atomic E-state index is 0.0199. The van der Waals surface area contributed by atoms with Crippen molar-refractivity contribution in [2.24, 2.45) is 0 Å². The van der Waals surface area contributed by atoms with Crippen LogP contribution in [0, 0.1) is 0 Å².